The first-order chi connectivity index (χ1) is 15.0. The number of halogens is 3. The molecule has 0 radical (unpaired) electrons. The largest absolute Gasteiger partial charge is 0.473 e. The van der Waals surface area contributed by atoms with Gasteiger partial charge in [0, 0.05) is 24.7 Å². The Morgan fingerprint density at radius 3 is 2.62 bits per heavy atom. The Morgan fingerprint density at radius 2 is 1.94 bits per heavy atom. The Kier molecular flexibility index (Phi) is 7.12. The average Bonchev–Trinajstić information content (AvgIpc) is 2.74. The summed E-state index contributed by atoms with van der Waals surface area (Å²) in [6, 6.07) is 10.1. The first-order valence-corrected chi connectivity index (χ1v) is 10.8. The molecular weight excluding hydrogens is 419 g/mol. The van der Waals surface area contributed by atoms with Crippen molar-refractivity contribution < 1.29 is 22.7 Å². The number of ether oxygens (including phenoxy) is 1. The van der Waals surface area contributed by atoms with Crippen LogP contribution in [0.4, 0.5) is 13.2 Å². The second-order valence-electron chi connectivity index (χ2n) is 8.87. The van der Waals surface area contributed by atoms with Gasteiger partial charge in [0.25, 0.3) is 0 Å². The maximum absolute atomic E-state index is 13.3. The zero-order chi connectivity index (χ0) is 23.5. The van der Waals surface area contributed by atoms with Gasteiger partial charge in [0.15, 0.2) is 0 Å². The molecule has 1 amide bonds. The number of benzene rings is 1. The highest BCUT2D eigenvalue weighted by Crippen LogP contribution is 2.37. The first-order valence-electron chi connectivity index (χ1n) is 10.8. The second-order valence-corrected chi connectivity index (χ2v) is 8.87. The molecule has 1 fully saturated rings. The fraction of sp³-hybridized carbons (Fsp3) is 0.500. The van der Waals surface area contributed by atoms with Crippen LogP contribution in [0.1, 0.15) is 49.8 Å². The zero-order valence-corrected chi connectivity index (χ0v) is 18.8. The molecule has 0 spiro atoms. The van der Waals surface area contributed by atoms with Gasteiger partial charge < -0.3 is 15.4 Å². The number of hydrogen-bond acceptors (Lipinski definition) is 4. The Balaban J connectivity index is 1.75. The van der Waals surface area contributed by atoms with E-state index in [1.807, 2.05) is 25.1 Å². The summed E-state index contributed by atoms with van der Waals surface area (Å²) in [6.07, 6.45) is -3.43. The zero-order valence-electron chi connectivity index (χ0n) is 18.8. The number of amides is 1. The number of piperidine rings is 1. The third-order valence-corrected chi connectivity index (χ3v) is 6.35. The molecule has 8 heteroatoms. The molecule has 1 aromatic heterocycles. The molecule has 1 aliphatic rings. The summed E-state index contributed by atoms with van der Waals surface area (Å²) < 4.78 is 45.5. The number of nitrogens with one attached hydrogen (secondary N) is 2. The maximum Gasteiger partial charge on any atom is 0.421 e. The minimum atomic E-state index is -4.59. The summed E-state index contributed by atoms with van der Waals surface area (Å²) in [5, 5.41) is 6.53. The first kappa shape index (κ1) is 24.0. The molecule has 3 unspecified atom stereocenters. The molecule has 32 heavy (non-hydrogen) atoms. The van der Waals surface area contributed by atoms with Crippen LogP contribution in [0.5, 0.6) is 5.88 Å². The minimum absolute atomic E-state index is 0.0862. The van der Waals surface area contributed by atoms with Crippen molar-refractivity contribution >= 4 is 5.91 Å². The quantitative estimate of drug-likeness (QED) is 0.683. The minimum Gasteiger partial charge on any atom is -0.473 e. The van der Waals surface area contributed by atoms with Gasteiger partial charge in [-0.05, 0) is 63.9 Å². The predicted octanol–water partition coefficient (Wildman–Crippen LogP) is 4.46. The topological polar surface area (TPSA) is 63.2 Å². The molecule has 2 N–H and O–H groups in total. The molecule has 1 aliphatic heterocycles. The van der Waals surface area contributed by atoms with Gasteiger partial charge in [-0.3, -0.25) is 4.79 Å². The van der Waals surface area contributed by atoms with E-state index in [2.05, 4.69) is 21.7 Å². The molecular formula is C24H30F3N3O2. The summed E-state index contributed by atoms with van der Waals surface area (Å²) >= 11 is 0. The Bertz CT molecular complexity index is 946. The number of hydrogen-bond donors (Lipinski definition) is 2. The van der Waals surface area contributed by atoms with Crippen LogP contribution < -0.4 is 15.4 Å². The van der Waals surface area contributed by atoms with Crippen LogP contribution in [0.25, 0.3) is 0 Å². The average molecular weight is 450 g/mol. The van der Waals surface area contributed by atoms with E-state index in [9.17, 15) is 18.0 Å². The van der Waals surface area contributed by atoms with E-state index >= 15 is 0 Å². The molecule has 1 aromatic carbocycles. The lowest BCUT2D eigenvalue weighted by Gasteiger charge is -2.37. The summed E-state index contributed by atoms with van der Waals surface area (Å²) in [7, 11) is 0. The van der Waals surface area contributed by atoms with Crippen molar-refractivity contribution in [1.29, 1.82) is 0 Å². The van der Waals surface area contributed by atoms with Gasteiger partial charge in [0.05, 0.1) is 5.41 Å². The second kappa shape index (κ2) is 9.48. The van der Waals surface area contributed by atoms with Gasteiger partial charge >= 0.3 is 6.18 Å². The third kappa shape index (κ3) is 5.23. The van der Waals surface area contributed by atoms with Crippen molar-refractivity contribution in [1.82, 2.24) is 15.6 Å². The molecule has 174 valence electrons. The van der Waals surface area contributed by atoms with Crippen molar-refractivity contribution in [3.63, 3.8) is 0 Å². The number of pyridine rings is 1. The van der Waals surface area contributed by atoms with Crippen LogP contribution in [0.15, 0.2) is 42.6 Å². The monoisotopic (exact) mass is 449 g/mol. The Labute approximate surface area is 186 Å². The number of rotatable bonds is 6. The van der Waals surface area contributed by atoms with Crippen molar-refractivity contribution in [3.8, 4) is 5.88 Å². The molecule has 0 aliphatic carbocycles. The van der Waals surface area contributed by atoms with E-state index in [1.165, 1.54) is 17.8 Å². The third-order valence-electron chi connectivity index (χ3n) is 6.35. The lowest BCUT2D eigenvalue weighted by molar-refractivity contribution is -0.141. The van der Waals surface area contributed by atoms with Crippen LogP contribution >= 0.6 is 0 Å². The summed E-state index contributed by atoms with van der Waals surface area (Å²) in [5.41, 5.74) is 0.296. The number of alkyl halides is 3. The molecule has 3 atom stereocenters. The molecule has 1 saturated heterocycles. The van der Waals surface area contributed by atoms with E-state index in [-0.39, 0.29) is 17.9 Å². The lowest BCUT2D eigenvalue weighted by atomic mass is 9.82. The van der Waals surface area contributed by atoms with Gasteiger partial charge in [-0.1, -0.05) is 24.3 Å². The van der Waals surface area contributed by atoms with E-state index in [0.29, 0.717) is 0 Å². The number of aromatic nitrogens is 1. The van der Waals surface area contributed by atoms with Crippen molar-refractivity contribution in [2.45, 2.75) is 58.4 Å². The highest BCUT2D eigenvalue weighted by atomic mass is 19.4. The Morgan fingerprint density at radius 1 is 1.22 bits per heavy atom. The number of aryl methyl sites for hydroxylation is 1. The van der Waals surface area contributed by atoms with Crippen LogP contribution in [-0.4, -0.2) is 36.1 Å². The summed E-state index contributed by atoms with van der Waals surface area (Å²) in [6.45, 7) is 8.51. The molecule has 2 heterocycles. The van der Waals surface area contributed by atoms with Crippen LogP contribution in [0, 0.1) is 12.3 Å². The van der Waals surface area contributed by atoms with E-state index in [4.69, 9.17) is 4.74 Å². The van der Waals surface area contributed by atoms with Crippen molar-refractivity contribution in [2.24, 2.45) is 5.41 Å². The van der Waals surface area contributed by atoms with Crippen LogP contribution in [0.2, 0.25) is 0 Å². The van der Waals surface area contributed by atoms with Gasteiger partial charge in [-0.25, -0.2) is 4.98 Å². The fourth-order valence-corrected chi connectivity index (χ4v) is 3.92. The van der Waals surface area contributed by atoms with Crippen molar-refractivity contribution in [2.75, 3.05) is 13.1 Å². The van der Waals surface area contributed by atoms with Crippen molar-refractivity contribution in [3.05, 3.63) is 59.3 Å². The maximum atomic E-state index is 13.3. The van der Waals surface area contributed by atoms with Crippen LogP contribution in [0.3, 0.4) is 0 Å². The molecule has 3 rings (SSSR count). The molecule has 5 nitrogen and oxygen atoms in total. The summed E-state index contributed by atoms with van der Waals surface area (Å²) in [5.74, 6) is -0.679. The predicted molar refractivity (Wildman–Crippen MR) is 116 cm³/mol. The highest BCUT2D eigenvalue weighted by molar-refractivity contribution is 5.83. The molecule has 0 saturated carbocycles. The molecule has 2 aromatic rings. The number of carbonyl (C=O) groups excluding carboxylic acids is 1. The number of carbonyl (C=O) groups is 1. The van der Waals surface area contributed by atoms with E-state index < -0.39 is 29.1 Å². The smallest absolute Gasteiger partial charge is 0.421 e. The van der Waals surface area contributed by atoms with Gasteiger partial charge in [0.2, 0.25) is 11.8 Å². The normalized spacial score (nSPS) is 20.5. The number of nitrogens with zero attached hydrogens (tertiary/aromatic N) is 1. The van der Waals surface area contributed by atoms with Crippen LogP contribution in [-0.2, 0) is 11.0 Å². The van der Waals surface area contributed by atoms with E-state index in [1.54, 1.807) is 20.8 Å². The summed E-state index contributed by atoms with van der Waals surface area (Å²) in [4.78, 5) is 17.0. The van der Waals surface area contributed by atoms with Gasteiger partial charge in [-0.2, -0.15) is 13.2 Å². The standard InChI is InChI=1S/C24H30F3N3O2/c1-15-8-5-6-9-17(15)18-14-28-13-11-20(18)30-22(31)23(3,4)16(2)32-21-19(24(25,26)27)10-7-12-29-21/h5-10,12,16,18,20,28H,11,13-14H2,1-4H3,(H,30,31). The fourth-order valence-electron chi connectivity index (χ4n) is 3.92. The molecule has 0 bridgehead atoms. The Hall–Kier alpha value is -2.61. The SMILES string of the molecule is Cc1ccccc1C1CNCCC1NC(=O)C(C)(C)C(C)Oc1ncccc1C(F)(F)F. The highest BCUT2D eigenvalue weighted by Gasteiger charge is 2.41. The van der Waals surface area contributed by atoms with Gasteiger partial charge in [0.1, 0.15) is 11.7 Å². The van der Waals surface area contributed by atoms with E-state index in [0.717, 1.165) is 31.1 Å². The lowest BCUT2D eigenvalue weighted by Crippen LogP contribution is -2.54. The van der Waals surface area contributed by atoms with Gasteiger partial charge in [-0.15, -0.1) is 0 Å².